The van der Waals surface area contributed by atoms with Gasteiger partial charge in [-0.15, -0.1) is 0 Å². The molecular formula is C14H13F3O2. The lowest BCUT2D eigenvalue weighted by Crippen LogP contribution is -2.02. The first kappa shape index (κ1) is 13.5. The molecule has 2 nitrogen and oxygen atoms in total. The fourth-order valence-electron chi connectivity index (χ4n) is 1.79. The van der Waals surface area contributed by atoms with Crippen LogP contribution in [0.5, 0.6) is 5.75 Å². The Balaban J connectivity index is 2.23. The fourth-order valence-corrected chi connectivity index (χ4v) is 1.79. The zero-order valence-corrected chi connectivity index (χ0v) is 10.5. The lowest BCUT2D eigenvalue weighted by molar-refractivity contribution is -0.153. The average Bonchev–Trinajstić information content (AvgIpc) is 2.87. The number of benzene rings is 1. The summed E-state index contributed by atoms with van der Waals surface area (Å²) in [5, 5.41) is 0. The molecule has 0 aliphatic rings. The maximum atomic E-state index is 12.5. The summed E-state index contributed by atoms with van der Waals surface area (Å²) >= 11 is 0. The van der Waals surface area contributed by atoms with Gasteiger partial charge < -0.3 is 9.15 Å². The van der Waals surface area contributed by atoms with Crippen LogP contribution in [0, 0.1) is 0 Å². The number of alkyl halides is 3. The summed E-state index contributed by atoms with van der Waals surface area (Å²) in [4.78, 5) is 0. The van der Waals surface area contributed by atoms with Gasteiger partial charge in [-0.3, -0.25) is 0 Å². The molecular weight excluding hydrogens is 257 g/mol. The summed E-state index contributed by atoms with van der Waals surface area (Å²) in [6.45, 7) is 1.79. The molecule has 1 atom stereocenters. The van der Waals surface area contributed by atoms with Gasteiger partial charge in [0.15, 0.2) is 0 Å². The van der Waals surface area contributed by atoms with Crippen molar-refractivity contribution in [1.29, 1.82) is 0 Å². The number of rotatable bonds is 3. The number of hydrogen-bond acceptors (Lipinski definition) is 2. The van der Waals surface area contributed by atoms with Gasteiger partial charge in [-0.1, -0.05) is 19.1 Å². The highest BCUT2D eigenvalue weighted by molar-refractivity contribution is 5.33. The van der Waals surface area contributed by atoms with Crippen LogP contribution in [-0.2, 0) is 6.18 Å². The summed E-state index contributed by atoms with van der Waals surface area (Å²) in [6, 6.07) is 9.45. The van der Waals surface area contributed by atoms with Gasteiger partial charge in [0.25, 0.3) is 0 Å². The van der Waals surface area contributed by atoms with E-state index in [1.807, 2.05) is 0 Å². The van der Waals surface area contributed by atoms with Crippen molar-refractivity contribution >= 4 is 0 Å². The molecule has 0 spiro atoms. The summed E-state index contributed by atoms with van der Waals surface area (Å²) in [5.74, 6) is -0.228. The van der Waals surface area contributed by atoms with Crippen molar-refractivity contribution in [1.82, 2.24) is 0 Å². The van der Waals surface area contributed by atoms with E-state index in [1.165, 1.54) is 6.07 Å². The number of methoxy groups -OCH3 is 1. The topological polar surface area (TPSA) is 22.4 Å². The SMILES string of the molecule is COc1ccc([C@@H](C)c2ccc(C(F)(F)F)o2)cc1. The Kier molecular flexibility index (Phi) is 3.55. The van der Waals surface area contributed by atoms with Crippen LogP contribution in [0.4, 0.5) is 13.2 Å². The van der Waals surface area contributed by atoms with Gasteiger partial charge in [0.2, 0.25) is 5.76 Å². The van der Waals surface area contributed by atoms with Crippen LogP contribution in [-0.4, -0.2) is 7.11 Å². The maximum Gasteiger partial charge on any atom is 0.449 e. The molecule has 2 rings (SSSR count). The second-order valence-electron chi connectivity index (χ2n) is 4.19. The summed E-state index contributed by atoms with van der Waals surface area (Å²) in [5.41, 5.74) is 0.865. The summed E-state index contributed by atoms with van der Waals surface area (Å²) in [7, 11) is 1.56. The molecule has 1 heterocycles. The van der Waals surface area contributed by atoms with E-state index in [9.17, 15) is 13.2 Å². The molecule has 0 bridgehead atoms. The third-order valence-electron chi connectivity index (χ3n) is 2.95. The first-order chi connectivity index (χ1) is 8.91. The number of halogens is 3. The Morgan fingerprint density at radius 1 is 1.05 bits per heavy atom. The van der Waals surface area contributed by atoms with Gasteiger partial charge in [-0.2, -0.15) is 13.2 Å². The van der Waals surface area contributed by atoms with E-state index in [0.29, 0.717) is 5.75 Å². The van der Waals surface area contributed by atoms with E-state index in [1.54, 1.807) is 38.3 Å². The van der Waals surface area contributed by atoms with Gasteiger partial charge in [-0.25, -0.2) is 0 Å². The van der Waals surface area contributed by atoms with E-state index >= 15 is 0 Å². The molecule has 1 aromatic carbocycles. The van der Waals surface area contributed by atoms with E-state index in [4.69, 9.17) is 9.15 Å². The molecule has 2 aromatic rings. The summed E-state index contributed by atoms with van der Waals surface area (Å²) < 4.78 is 47.3. The minimum atomic E-state index is -4.45. The molecule has 102 valence electrons. The van der Waals surface area contributed by atoms with Crippen LogP contribution in [0.2, 0.25) is 0 Å². The predicted octanol–water partition coefficient (Wildman–Crippen LogP) is 4.46. The first-order valence-electron chi connectivity index (χ1n) is 5.72. The van der Waals surface area contributed by atoms with Crippen molar-refractivity contribution < 1.29 is 22.3 Å². The Hall–Kier alpha value is -1.91. The highest BCUT2D eigenvalue weighted by atomic mass is 19.4. The quantitative estimate of drug-likeness (QED) is 0.821. The third-order valence-corrected chi connectivity index (χ3v) is 2.95. The van der Waals surface area contributed by atoms with Crippen molar-refractivity contribution in [2.24, 2.45) is 0 Å². The minimum absolute atomic E-state index is 0.248. The number of ether oxygens (including phenoxy) is 1. The third kappa shape index (κ3) is 2.92. The van der Waals surface area contributed by atoms with Crippen molar-refractivity contribution in [3.05, 3.63) is 53.5 Å². The van der Waals surface area contributed by atoms with Gasteiger partial charge >= 0.3 is 6.18 Å². The van der Waals surface area contributed by atoms with Gasteiger partial charge in [0, 0.05) is 5.92 Å². The predicted molar refractivity (Wildman–Crippen MR) is 64.2 cm³/mol. The standard InChI is InChI=1S/C14H13F3O2/c1-9(10-3-5-11(18-2)6-4-10)12-7-8-13(19-12)14(15,16)17/h3-9H,1-2H3/t9-/m1/s1. The number of furan rings is 1. The first-order valence-corrected chi connectivity index (χ1v) is 5.72. The molecule has 0 N–H and O–H groups in total. The Bertz CT molecular complexity index is 541. The van der Waals surface area contributed by atoms with Crippen molar-refractivity contribution in [3.63, 3.8) is 0 Å². The van der Waals surface area contributed by atoms with Crippen molar-refractivity contribution in [2.75, 3.05) is 7.11 Å². The Morgan fingerprint density at radius 3 is 2.16 bits per heavy atom. The highest BCUT2D eigenvalue weighted by Gasteiger charge is 2.35. The zero-order valence-electron chi connectivity index (χ0n) is 10.5. The molecule has 19 heavy (non-hydrogen) atoms. The lowest BCUT2D eigenvalue weighted by atomic mass is 9.99. The molecule has 0 unspecified atom stereocenters. The Labute approximate surface area is 108 Å². The van der Waals surface area contributed by atoms with Crippen LogP contribution in [0.1, 0.15) is 29.9 Å². The molecule has 0 saturated heterocycles. The van der Waals surface area contributed by atoms with Gasteiger partial charge in [0.05, 0.1) is 7.11 Å². The van der Waals surface area contributed by atoms with Crippen molar-refractivity contribution in [3.8, 4) is 5.75 Å². The Morgan fingerprint density at radius 2 is 1.68 bits per heavy atom. The van der Waals surface area contributed by atoms with Crippen LogP contribution >= 0.6 is 0 Å². The van der Waals surface area contributed by atoms with E-state index in [0.717, 1.165) is 11.6 Å². The highest BCUT2D eigenvalue weighted by Crippen LogP contribution is 2.34. The number of hydrogen-bond donors (Lipinski definition) is 0. The summed E-state index contributed by atoms with van der Waals surface area (Å²) in [6.07, 6.45) is -4.45. The molecule has 0 aliphatic carbocycles. The second-order valence-corrected chi connectivity index (χ2v) is 4.19. The zero-order chi connectivity index (χ0) is 14.0. The van der Waals surface area contributed by atoms with Crippen LogP contribution < -0.4 is 4.74 Å². The van der Waals surface area contributed by atoms with Crippen LogP contribution in [0.15, 0.2) is 40.8 Å². The van der Waals surface area contributed by atoms with E-state index in [2.05, 4.69) is 0 Å². The molecule has 0 aliphatic heterocycles. The molecule has 1 aromatic heterocycles. The fraction of sp³-hybridized carbons (Fsp3) is 0.286. The molecule has 0 radical (unpaired) electrons. The minimum Gasteiger partial charge on any atom is -0.497 e. The molecule has 5 heteroatoms. The van der Waals surface area contributed by atoms with Gasteiger partial charge in [0.1, 0.15) is 11.5 Å². The lowest BCUT2D eigenvalue weighted by Gasteiger charge is -2.10. The molecule has 0 saturated carbocycles. The normalized spacial score (nSPS) is 13.3. The smallest absolute Gasteiger partial charge is 0.449 e. The monoisotopic (exact) mass is 270 g/mol. The van der Waals surface area contributed by atoms with Gasteiger partial charge in [-0.05, 0) is 29.8 Å². The largest absolute Gasteiger partial charge is 0.497 e. The average molecular weight is 270 g/mol. The van der Waals surface area contributed by atoms with Crippen molar-refractivity contribution in [2.45, 2.75) is 19.0 Å². The van der Waals surface area contributed by atoms with Crippen LogP contribution in [0.25, 0.3) is 0 Å². The maximum absolute atomic E-state index is 12.5. The van der Waals surface area contributed by atoms with E-state index < -0.39 is 11.9 Å². The van der Waals surface area contributed by atoms with Crippen LogP contribution in [0.3, 0.4) is 0 Å². The molecule has 0 fully saturated rings. The second kappa shape index (κ2) is 4.99. The molecule has 0 amide bonds. The van der Waals surface area contributed by atoms with E-state index in [-0.39, 0.29) is 11.7 Å².